The molecule has 1 aromatic rings. The zero-order valence-corrected chi connectivity index (χ0v) is 12.1. The second-order valence-electron chi connectivity index (χ2n) is 5.40. The predicted molar refractivity (Wildman–Crippen MR) is 75.7 cm³/mol. The monoisotopic (exact) mass is 298 g/mol. The van der Waals surface area contributed by atoms with Crippen LogP contribution in [0.25, 0.3) is 0 Å². The van der Waals surface area contributed by atoms with E-state index >= 15 is 0 Å². The van der Waals surface area contributed by atoms with Crippen LogP contribution in [0.3, 0.4) is 0 Å². The zero-order chi connectivity index (χ0) is 13.4. The molecular weight excluding hydrogens is 283 g/mol. The lowest BCUT2D eigenvalue weighted by atomic mass is 9.85. The van der Waals surface area contributed by atoms with Gasteiger partial charge in [-0.05, 0) is 37.3 Å². The SMILES string of the molecule is O=C(c1cc(Cl)nc(Cl)c1)N1CCC2CCCCC21. The number of rotatable bonds is 1. The quantitative estimate of drug-likeness (QED) is 0.739. The maximum absolute atomic E-state index is 12.6. The minimum atomic E-state index is 0.0422. The average Bonchev–Trinajstić information content (AvgIpc) is 2.80. The predicted octanol–water partition coefficient (Wildman–Crippen LogP) is 3.79. The van der Waals surface area contributed by atoms with Gasteiger partial charge < -0.3 is 4.90 Å². The summed E-state index contributed by atoms with van der Waals surface area (Å²) in [5.74, 6) is 0.728. The van der Waals surface area contributed by atoms with Crippen molar-refractivity contribution in [2.45, 2.75) is 38.1 Å². The van der Waals surface area contributed by atoms with Crippen molar-refractivity contribution in [3.63, 3.8) is 0 Å². The standard InChI is InChI=1S/C14H16Cl2N2O/c15-12-7-10(8-13(16)17-12)14(19)18-6-5-9-3-1-2-4-11(9)18/h7-9,11H,1-6H2. The molecule has 19 heavy (non-hydrogen) atoms. The van der Waals surface area contributed by atoms with Gasteiger partial charge in [-0.2, -0.15) is 0 Å². The minimum absolute atomic E-state index is 0.0422. The van der Waals surface area contributed by atoms with Crippen molar-refractivity contribution < 1.29 is 4.79 Å². The Hall–Kier alpha value is -0.800. The third kappa shape index (κ3) is 2.59. The highest BCUT2D eigenvalue weighted by atomic mass is 35.5. The molecule has 0 radical (unpaired) electrons. The molecular formula is C14H16Cl2N2O. The van der Waals surface area contributed by atoms with Crippen LogP contribution in [-0.2, 0) is 0 Å². The first-order valence-corrected chi connectivity index (χ1v) is 7.55. The van der Waals surface area contributed by atoms with Gasteiger partial charge in [-0.25, -0.2) is 4.98 Å². The van der Waals surface area contributed by atoms with Crippen LogP contribution in [0.2, 0.25) is 10.3 Å². The normalized spacial score (nSPS) is 26.3. The summed E-state index contributed by atoms with van der Waals surface area (Å²) >= 11 is 11.7. The van der Waals surface area contributed by atoms with E-state index in [9.17, 15) is 4.79 Å². The number of amides is 1. The van der Waals surface area contributed by atoms with Crippen molar-refractivity contribution in [3.8, 4) is 0 Å². The van der Waals surface area contributed by atoms with Gasteiger partial charge >= 0.3 is 0 Å². The molecule has 0 bridgehead atoms. The number of nitrogens with zero attached hydrogens (tertiary/aromatic N) is 2. The Morgan fingerprint density at radius 3 is 2.58 bits per heavy atom. The van der Waals surface area contributed by atoms with E-state index in [1.54, 1.807) is 12.1 Å². The number of halogens is 2. The molecule has 3 nitrogen and oxygen atoms in total. The van der Waals surface area contributed by atoms with E-state index in [1.165, 1.54) is 19.3 Å². The highest BCUT2D eigenvalue weighted by molar-refractivity contribution is 6.33. The number of fused-ring (bicyclic) bond motifs is 1. The summed E-state index contributed by atoms with van der Waals surface area (Å²) in [4.78, 5) is 18.5. The van der Waals surface area contributed by atoms with Crippen molar-refractivity contribution in [1.82, 2.24) is 9.88 Å². The van der Waals surface area contributed by atoms with E-state index in [4.69, 9.17) is 23.2 Å². The molecule has 1 amide bonds. The first-order chi connectivity index (χ1) is 9.15. The van der Waals surface area contributed by atoms with Crippen LogP contribution >= 0.6 is 23.2 Å². The summed E-state index contributed by atoms with van der Waals surface area (Å²) in [6.45, 7) is 0.853. The van der Waals surface area contributed by atoms with Gasteiger partial charge in [0, 0.05) is 18.2 Å². The molecule has 0 N–H and O–H groups in total. The highest BCUT2D eigenvalue weighted by Crippen LogP contribution is 2.37. The average molecular weight is 299 g/mol. The van der Waals surface area contributed by atoms with E-state index in [0.717, 1.165) is 19.4 Å². The Labute approximate surface area is 122 Å². The third-order valence-corrected chi connectivity index (χ3v) is 4.67. The second kappa shape index (κ2) is 5.29. The van der Waals surface area contributed by atoms with Gasteiger partial charge in [-0.1, -0.05) is 36.0 Å². The zero-order valence-electron chi connectivity index (χ0n) is 10.6. The van der Waals surface area contributed by atoms with Gasteiger partial charge in [0.2, 0.25) is 0 Å². The largest absolute Gasteiger partial charge is 0.335 e. The van der Waals surface area contributed by atoms with Crippen LogP contribution in [0.1, 0.15) is 42.5 Å². The third-order valence-electron chi connectivity index (χ3n) is 4.28. The van der Waals surface area contributed by atoms with Crippen LogP contribution in [-0.4, -0.2) is 28.4 Å². The van der Waals surface area contributed by atoms with E-state index < -0.39 is 0 Å². The summed E-state index contributed by atoms with van der Waals surface area (Å²) < 4.78 is 0. The summed E-state index contributed by atoms with van der Waals surface area (Å²) in [6, 6.07) is 3.62. The number of carbonyl (C=O) groups excluding carboxylic acids is 1. The Bertz CT molecular complexity index is 486. The smallest absolute Gasteiger partial charge is 0.254 e. The van der Waals surface area contributed by atoms with E-state index in [2.05, 4.69) is 4.98 Å². The van der Waals surface area contributed by atoms with Crippen LogP contribution in [0.5, 0.6) is 0 Å². The van der Waals surface area contributed by atoms with Crippen LogP contribution < -0.4 is 0 Å². The lowest BCUT2D eigenvalue weighted by molar-refractivity contribution is 0.0690. The molecule has 1 saturated carbocycles. The van der Waals surface area contributed by atoms with Crippen molar-refractivity contribution in [1.29, 1.82) is 0 Å². The molecule has 3 rings (SSSR count). The molecule has 0 spiro atoms. The Balaban J connectivity index is 1.83. The van der Waals surface area contributed by atoms with Crippen LogP contribution in [0.4, 0.5) is 0 Å². The van der Waals surface area contributed by atoms with E-state index in [-0.39, 0.29) is 16.2 Å². The van der Waals surface area contributed by atoms with Gasteiger partial charge in [0.25, 0.3) is 5.91 Å². The lowest BCUT2D eigenvalue weighted by Gasteiger charge is -2.31. The number of carbonyl (C=O) groups is 1. The molecule has 2 heterocycles. The fraction of sp³-hybridized carbons (Fsp3) is 0.571. The van der Waals surface area contributed by atoms with Crippen molar-refractivity contribution in [2.75, 3.05) is 6.54 Å². The fourth-order valence-corrected chi connectivity index (χ4v) is 3.87. The number of pyridine rings is 1. The van der Waals surface area contributed by atoms with Crippen LogP contribution in [0.15, 0.2) is 12.1 Å². The summed E-state index contributed by atoms with van der Waals surface area (Å²) in [6.07, 6.45) is 6.04. The van der Waals surface area contributed by atoms with Gasteiger partial charge in [-0.15, -0.1) is 0 Å². The van der Waals surface area contributed by atoms with E-state index in [1.807, 2.05) is 4.90 Å². The number of aromatic nitrogens is 1. The molecule has 1 aliphatic carbocycles. The molecule has 2 fully saturated rings. The molecule has 102 valence electrons. The Morgan fingerprint density at radius 1 is 1.16 bits per heavy atom. The molecule has 1 aliphatic heterocycles. The highest BCUT2D eigenvalue weighted by Gasteiger charge is 2.38. The van der Waals surface area contributed by atoms with E-state index in [0.29, 0.717) is 17.5 Å². The number of likely N-dealkylation sites (tertiary alicyclic amines) is 1. The second-order valence-corrected chi connectivity index (χ2v) is 6.17. The van der Waals surface area contributed by atoms with Gasteiger partial charge in [0.1, 0.15) is 10.3 Å². The maximum Gasteiger partial charge on any atom is 0.254 e. The Kier molecular flexibility index (Phi) is 3.68. The summed E-state index contributed by atoms with van der Waals surface area (Å²) in [7, 11) is 0. The molecule has 2 aliphatic rings. The van der Waals surface area contributed by atoms with Gasteiger partial charge in [-0.3, -0.25) is 4.79 Å². The molecule has 1 aromatic heterocycles. The first-order valence-electron chi connectivity index (χ1n) is 6.79. The van der Waals surface area contributed by atoms with Gasteiger partial charge in [0.05, 0.1) is 0 Å². The summed E-state index contributed by atoms with van der Waals surface area (Å²) in [5, 5.41) is 0.547. The Morgan fingerprint density at radius 2 is 1.84 bits per heavy atom. The first kappa shape index (κ1) is 13.2. The van der Waals surface area contributed by atoms with Crippen molar-refractivity contribution in [3.05, 3.63) is 28.0 Å². The molecule has 2 atom stereocenters. The minimum Gasteiger partial charge on any atom is -0.335 e. The maximum atomic E-state index is 12.6. The number of hydrogen-bond acceptors (Lipinski definition) is 2. The number of hydrogen-bond donors (Lipinski definition) is 0. The molecule has 2 unspecified atom stereocenters. The van der Waals surface area contributed by atoms with Gasteiger partial charge in [0.15, 0.2) is 0 Å². The van der Waals surface area contributed by atoms with Crippen LogP contribution in [0, 0.1) is 5.92 Å². The lowest BCUT2D eigenvalue weighted by Crippen LogP contribution is -2.39. The topological polar surface area (TPSA) is 33.2 Å². The molecule has 5 heteroatoms. The van der Waals surface area contributed by atoms with Crippen molar-refractivity contribution in [2.24, 2.45) is 5.92 Å². The van der Waals surface area contributed by atoms with Crippen molar-refractivity contribution >= 4 is 29.1 Å². The molecule has 1 saturated heterocycles. The fourth-order valence-electron chi connectivity index (χ4n) is 3.41. The molecule has 0 aromatic carbocycles. The summed E-state index contributed by atoms with van der Waals surface area (Å²) in [5.41, 5.74) is 0.552.